The first-order valence-electron chi connectivity index (χ1n) is 22.6. The van der Waals surface area contributed by atoms with Crippen molar-refractivity contribution in [1.29, 1.82) is 0 Å². The smallest absolute Gasteiger partial charge is 0.410 e. The summed E-state index contributed by atoms with van der Waals surface area (Å²) in [7, 11) is 0. The number of ether oxygens (including phenoxy) is 2. The SMILES string of the molecule is CC(C)(c1ccc(OC(=O)N2CCC(=C3c4ccc(Cl)cc4CCc4cccnc43)CC2)cc1)c1ccc(OC(=O)N2CCC(=C3c4ccc(Cl)cc4CCc4cccnc43)CC2)cc1. The van der Waals surface area contributed by atoms with Gasteiger partial charge in [0.05, 0.1) is 11.4 Å². The molecular formula is C55H50Cl2N4O4. The van der Waals surface area contributed by atoms with Crippen LogP contribution in [0, 0.1) is 0 Å². The summed E-state index contributed by atoms with van der Waals surface area (Å²) < 4.78 is 11.8. The average Bonchev–Trinajstić information content (AvgIpc) is 3.59. The Kier molecular flexibility index (Phi) is 11.8. The molecule has 2 aliphatic carbocycles. The summed E-state index contributed by atoms with van der Waals surface area (Å²) in [6, 6.07) is 36.1. The summed E-state index contributed by atoms with van der Waals surface area (Å²) in [5.41, 5.74) is 16.1. The molecule has 10 heteroatoms. The number of hydrogen-bond donors (Lipinski definition) is 0. The lowest BCUT2D eigenvalue weighted by Gasteiger charge is -2.30. The molecule has 65 heavy (non-hydrogen) atoms. The van der Waals surface area contributed by atoms with Crippen molar-refractivity contribution >= 4 is 46.5 Å². The molecule has 0 saturated carbocycles. The quantitative estimate of drug-likeness (QED) is 0.175. The molecule has 328 valence electrons. The van der Waals surface area contributed by atoms with E-state index in [1.807, 2.05) is 85.2 Å². The lowest BCUT2D eigenvalue weighted by Crippen LogP contribution is -2.38. The third-order valence-corrected chi connectivity index (χ3v) is 14.2. The number of halogens is 2. The minimum absolute atomic E-state index is 0.348. The highest BCUT2D eigenvalue weighted by atomic mass is 35.5. The van der Waals surface area contributed by atoms with Gasteiger partial charge in [0.25, 0.3) is 0 Å². The highest BCUT2D eigenvalue weighted by molar-refractivity contribution is 6.31. The van der Waals surface area contributed by atoms with Gasteiger partial charge >= 0.3 is 12.2 Å². The predicted molar refractivity (Wildman–Crippen MR) is 257 cm³/mol. The first-order chi connectivity index (χ1) is 31.6. The molecule has 0 unspecified atom stereocenters. The van der Waals surface area contributed by atoms with Crippen molar-refractivity contribution in [1.82, 2.24) is 19.8 Å². The van der Waals surface area contributed by atoms with Gasteiger partial charge < -0.3 is 19.3 Å². The Morgan fingerprint density at radius 3 is 1.29 bits per heavy atom. The van der Waals surface area contributed by atoms with E-state index < -0.39 is 0 Å². The van der Waals surface area contributed by atoms with Gasteiger partial charge in [0.15, 0.2) is 0 Å². The topological polar surface area (TPSA) is 84.9 Å². The summed E-state index contributed by atoms with van der Waals surface area (Å²) in [5.74, 6) is 1.00. The lowest BCUT2D eigenvalue weighted by atomic mass is 9.78. The number of hydrogen-bond acceptors (Lipinski definition) is 6. The zero-order valence-corrected chi connectivity index (χ0v) is 38.2. The standard InChI is InChI=1S/C55H50Cl2N4O4/c1-55(2,41-11-17-45(18-12-41)64-53(62)60-29-23-35(24-30-60)49-47-21-15-43(56)33-39(47)9-7-37-5-3-27-58-51(37)49)42-13-19-46(20-14-42)65-54(63)61-31-25-36(26-32-61)50-48-22-16-44(57)34-40(48)10-8-38-6-4-28-59-52(38)50/h3-6,11-22,27-28,33-34H,7-10,23-26,29-32H2,1-2H3. The third kappa shape index (κ3) is 8.70. The number of amides is 2. The summed E-state index contributed by atoms with van der Waals surface area (Å²) in [4.78, 5) is 40.2. The predicted octanol–water partition coefficient (Wildman–Crippen LogP) is 12.5. The number of aryl methyl sites for hydroxylation is 4. The average molecular weight is 902 g/mol. The van der Waals surface area contributed by atoms with Crippen LogP contribution in [0.5, 0.6) is 11.5 Å². The number of likely N-dealkylation sites (tertiary alicyclic amines) is 2. The van der Waals surface area contributed by atoms with Gasteiger partial charge in [0, 0.05) is 65.2 Å². The van der Waals surface area contributed by atoms with Crippen LogP contribution in [-0.2, 0) is 31.1 Å². The van der Waals surface area contributed by atoms with Gasteiger partial charge in [-0.2, -0.15) is 0 Å². The van der Waals surface area contributed by atoms with E-state index in [4.69, 9.17) is 42.6 Å². The molecule has 2 aliphatic heterocycles. The van der Waals surface area contributed by atoms with Gasteiger partial charge in [-0.25, -0.2) is 9.59 Å². The molecule has 4 aromatic carbocycles. The van der Waals surface area contributed by atoms with Gasteiger partial charge in [0.2, 0.25) is 0 Å². The maximum Gasteiger partial charge on any atom is 0.415 e. The largest absolute Gasteiger partial charge is 0.415 e. The van der Waals surface area contributed by atoms with Gasteiger partial charge in [-0.1, -0.05) is 96.7 Å². The van der Waals surface area contributed by atoms with E-state index in [1.54, 1.807) is 9.80 Å². The molecule has 0 N–H and O–H groups in total. The second kappa shape index (κ2) is 18.0. The first kappa shape index (κ1) is 42.7. The molecule has 4 aliphatic rings. The van der Waals surface area contributed by atoms with Crippen LogP contribution in [-0.4, -0.2) is 58.1 Å². The summed E-state index contributed by atoms with van der Waals surface area (Å²) in [6.45, 7) is 6.56. The van der Waals surface area contributed by atoms with Crippen molar-refractivity contribution in [2.75, 3.05) is 26.2 Å². The molecule has 0 atom stereocenters. The Hall–Kier alpha value is -6.22. The van der Waals surface area contributed by atoms with Gasteiger partial charge in [-0.15, -0.1) is 0 Å². The minimum Gasteiger partial charge on any atom is -0.410 e. The van der Waals surface area contributed by atoms with Crippen molar-refractivity contribution in [2.24, 2.45) is 0 Å². The fourth-order valence-electron chi connectivity index (χ4n) is 10.1. The number of nitrogens with zero attached hydrogens (tertiary/aromatic N) is 4. The van der Waals surface area contributed by atoms with Crippen LogP contribution < -0.4 is 9.47 Å². The molecule has 4 heterocycles. The fourth-order valence-corrected chi connectivity index (χ4v) is 10.5. The molecule has 10 rings (SSSR count). The number of carbonyl (C=O) groups excluding carboxylic acids is 2. The Labute approximate surface area is 390 Å². The van der Waals surface area contributed by atoms with Crippen LogP contribution in [0.1, 0.15) is 95.4 Å². The number of aromatic nitrogens is 2. The van der Waals surface area contributed by atoms with Crippen LogP contribution in [0.15, 0.2) is 133 Å². The monoisotopic (exact) mass is 900 g/mol. The Morgan fingerprint density at radius 2 is 0.892 bits per heavy atom. The molecule has 0 spiro atoms. The maximum atomic E-state index is 13.4. The van der Waals surface area contributed by atoms with Crippen LogP contribution in [0.3, 0.4) is 0 Å². The Balaban J connectivity index is 0.754. The highest BCUT2D eigenvalue weighted by Crippen LogP contribution is 2.41. The second-order valence-corrected chi connectivity index (χ2v) is 18.8. The second-order valence-electron chi connectivity index (χ2n) is 18.0. The number of carbonyl (C=O) groups is 2. The minimum atomic E-state index is -0.372. The van der Waals surface area contributed by atoms with E-state index in [9.17, 15) is 9.59 Å². The fraction of sp³-hybridized carbons (Fsp3) is 0.273. The molecule has 6 aromatic rings. The van der Waals surface area contributed by atoms with Crippen LogP contribution in [0.2, 0.25) is 10.0 Å². The van der Waals surface area contributed by atoms with Crippen molar-refractivity contribution < 1.29 is 19.1 Å². The summed E-state index contributed by atoms with van der Waals surface area (Å²) >= 11 is 12.9. The number of rotatable bonds is 4. The number of fused-ring (bicyclic) bond motifs is 4. The van der Waals surface area contributed by atoms with E-state index >= 15 is 0 Å². The van der Waals surface area contributed by atoms with Crippen LogP contribution in [0.25, 0.3) is 11.1 Å². The van der Waals surface area contributed by atoms with Crippen LogP contribution in [0.4, 0.5) is 9.59 Å². The van der Waals surface area contributed by atoms with Crippen LogP contribution >= 0.6 is 23.2 Å². The molecule has 2 fully saturated rings. The summed E-state index contributed by atoms with van der Waals surface area (Å²) in [5, 5.41) is 1.48. The molecule has 8 nitrogen and oxygen atoms in total. The van der Waals surface area contributed by atoms with Gasteiger partial charge in [-0.05, 0) is 157 Å². The van der Waals surface area contributed by atoms with Crippen molar-refractivity contribution in [2.45, 2.75) is 70.6 Å². The van der Waals surface area contributed by atoms with E-state index in [0.717, 1.165) is 83.9 Å². The highest BCUT2D eigenvalue weighted by Gasteiger charge is 2.30. The van der Waals surface area contributed by atoms with E-state index in [0.29, 0.717) is 37.7 Å². The third-order valence-electron chi connectivity index (χ3n) is 13.8. The molecule has 2 saturated heterocycles. The van der Waals surface area contributed by atoms with E-state index in [1.165, 1.54) is 55.7 Å². The lowest BCUT2D eigenvalue weighted by molar-refractivity contribution is 0.148. The van der Waals surface area contributed by atoms with Gasteiger partial charge in [0.1, 0.15) is 11.5 Å². The zero-order valence-electron chi connectivity index (χ0n) is 36.7. The van der Waals surface area contributed by atoms with E-state index in [-0.39, 0.29) is 17.6 Å². The molecular weight excluding hydrogens is 852 g/mol. The number of piperidine rings is 2. The van der Waals surface area contributed by atoms with Crippen molar-refractivity contribution in [3.63, 3.8) is 0 Å². The number of pyridine rings is 2. The molecule has 2 aromatic heterocycles. The van der Waals surface area contributed by atoms with Crippen molar-refractivity contribution in [3.05, 3.63) is 199 Å². The van der Waals surface area contributed by atoms with Gasteiger partial charge in [-0.3, -0.25) is 9.97 Å². The summed E-state index contributed by atoms with van der Waals surface area (Å²) in [6.07, 6.45) is 9.64. The first-order valence-corrected chi connectivity index (χ1v) is 23.4. The number of benzene rings is 4. The molecule has 0 radical (unpaired) electrons. The zero-order chi connectivity index (χ0) is 44.7. The maximum absolute atomic E-state index is 13.4. The Morgan fingerprint density at radius 1 is 0.508 bits per heavy atom. The van der Waals surface area contributed by atoms with Crippen molar-refractivity contribution in [3.8, 4) is 11.5 Å². The normalized spacial score (nSPS) is 16.1. The Bertz CT molecular complexity index is 2670. The van der Waals surface area contributed by atoms with E-state index in [2.05, 4.69) is 50.2 Å². The molecule has 0 bridgehead atoms. The molecule has 2 amide bonds.